The normalized spacial score (nSPS) is 10.9. The van der Waals surface area contributed by atoms with E-state index in [4.69, 9.17) is 31.6 Å². The lowest BCUT2D eigenvalue weighted by Gasteiger charge is -2.12. The monoisotopic (exact) mass is 1610 g/mol. The molecular weight excluding hydrogens is 1530 g/mol. The summed E-state index contributed by atoms with van der Waals surface area (Å²) in [6, 6.07) is 169. The number of hydrogen-bond donors (Lipinski definition) is 2. The fourth-order valence-electron chi connectivity index (χ4n) is 15.7. The Hall–Kier alpha value is -15.6. The van der Waals surface area contributed by atoms with Gasteiger partial charge in [0.05, 0.1) is 22.8 Å². The molecule has 0 aliphatic carbocycles. The molecule has 0 aliphatic heterocycles. The van der Waals surface area contributed by atoms with Gasteiger partial charge in [0.1, 0.15) is 0 Å². The van der Waals surface area contributed by atoms with Gasteiger partial charge in [0, 0.05) is 27.8 Å². The van der Waals surface area contributed by atoms with Crippen LogP contribution in [-0.4, -0.2) is 37.1 Å². The van der Waals surface area contributed by atoms with E-state index >= 15 is 0 Å². The Morgan fingerprint density at radius 3 is 0.532 bits per heavy atom. The standard InChI is InChI=1S/C58H40N2.C46H31ClN2.C12H11BO2/c1-4-14-41(15-5-1)48-20-10-22-50(36-48)44-28-32-46(33-29-44)56-40-57(60-58(59-56)55-27-13-24-52(39-55)43-18-8-3-9-19-43)47-34-30-45(31-35-47)51-23-12-26-54(38-51)53-25-11-21-49(37-53)42-16-6-2-7-17-42;47-46-48-44(36-24-20-34(21-25-36)40-16-7-14-38(28-40)32-10-3-1-4-11-32)31-45(49-46)37-26-22-35(23-27-37)41-17-9-19-43(30-41)42-18-8-15-39(29-42)33-12-5-2-6-13-33;14-13(15)12-8-4-7-11(9-12)10-5-2-1-3-6-10/h1-40H;1-31H;1-9,14-15H. The Morgan fingerprint density at radius 1 is 0.145 bits per heavy atom. The van der Waals surface area contributed by atoms with Crippen molar-refractivity contribution in [2.45, 2.75) is 0 Å². The average molecular weight is 1610 g/mol. The van der Waals surface area contributed by atoms with Crippen LogP contribution in [0.5, 0.6) is 0 Å². The van der Waals surface area contributed by atoms with E-state index in [2.05, 4.69) is 416 Å². The molecule has 0 radical (unpaired) electrons. The van der Waals surface area contributed by atoms with Crippen molar-refractivity contribution < 1.29 is 10.0 Å². The van der Waals surface area contributed by atoms with Gasteiger partial charge in [-0.05, 0) is 205 Å². The molecule has 0 amide bonds. The van der Waals surface area contributed by atoms with Gasteiger partial charge >= 0.3 is 7.12 Å². The molecule has 2 heterocycles. The zero-order valence-corrected chi connectivity index (χ0v) is 68.6. The smallest absolute Gasteiger partial charge is 0.423 e. The molecule has 0 atom stereocenters. The molecule has 20 aromatic rings. The molecule has 8 heteroatoms. The summed E-state index contributed by atoms with van der Waals surface area (Å²) in [5.74, 6) is 0.689. The first-order chi connectivity index (χ1) is 61.1. The van der Waals surface area contributed by atoms with Crippen molar-refractivity contribution in [1.82, 2.24) is 19.9 Å². The highest BCUT2D eigenvalue weighted by molar-refractivity contribution is 6.58. The highest BCUT2D eigenvalue weighted by Gasteiger charge is 2.17. The minimum Gasteiger partial charge on any atom is -0.423 e. The Labute approximate surface area is 729 Å². The van der Waals surface area contributed by atoms with Gasteiger partial charge in [-0.25, -0.2) is 19.9 Å². The van der Waals surface area contributed by atoms with Gasteiger partial charge in [0.2, 0.25) is 5.28 Å². The van der Waals surface area contributed by atoms with Crippen molar-refractivity contribution in [3.05, 3.63) is 491 Å². The summed E-state index contributed by atoms with van der Waals surface area (Å²) in [6.45, 7) is 0. The van der Waals surface area contributed by atoms with E-state index in [0.29, 0.717) is 11.3 Å². The largest absolute Gasteiger partial charge is 0.488 e. The van der Waals surface area contributed by atoms with Crippen LogP contribution in [0.3, 0.4) is 0 Å². The summed E-state index contributed by atoms with van der Waals surface area (Å²) in [5.41, 5.74) is 36.8. The second kappa shape index (κ2) is 37.8. The van der Waals surface area contributed by atoms with Crippen molar-refractivity contribution in [3.8, 4) is 190 Å². The second-order valence-electron chi connectivity index (χ2n) is 30.4. The summed E-state index contributed by atoms with van der Waals surface area (Å²) in [4.78, 5) is 19.6. The average Bonchev–Trinajstić information content (AvgIpc) is 0.786. The third kappa shape index (κ3) is 19.2. The van der Waals surface area contributed by atoms with Gasteiger partial charge in [-0.1, -0.05) is 431 Å². The van der Waals surface area contributed by atoms with Crippen LogP contribution in [-0.2, 0) is 0 Å². The minimum absolute atomic E-state index is 0.224. The topological polar surface area (TPSA) is 92.0 Å². The quantitative estimate of drug-likeness (QED) is 0.0657. The molecule has 0 unspecified atom stereocenters. The van der Waals surface area contributed by atoms with E-state index in [1.807, 2.05) is 66.7 Å². The van der Waals surface area contributed by atoms with Crippen LogP contribution in [0, 0.1) is 0 Å². The lowest BCUT2D eigenvalue weighted by molar-refractivity contribution is 0.426. The number of nitrogens with zero attached hydrogens (tertiary/aromatic N) is 4. The number of benzene rings is 18. The summed E-state index contributed by atoms with van der Waals surface area (Å²) < 4.78 is 0. The first-order valence-corrected chi connectivity index (χ1v) is 41.9. The van der Waals surface area contributed by atoms with Crippen molar-refractivity contribution >= 4 is 24.2 Å². The van der Waals surface area contributed by atoms with Gasteiger partial charge in [0.25, 0.3) is 0 Å². The summed E-state index contributed by atoms with van der Waals surface area (Å²) in [5, 5.41) is 18.3. The Bertz CT molecular complexity index is 7030. The Morgan fingerprint density at radius 2 is 0.306 bits per heavy atom. The lowest BCUT2D eigenvalue weighted by Crippen LogP contribution is -2.29. The first-order valence-electron chi connectivity index (χ1n) is 41.5. The van der Waals surface area contributed by atoms with E-state index in [1.165, 1.54) is 83.5 Å². The van der Waals surface area contributed by atoms with E-state index in [-0.39, 0.29) is 5.28 Å². The number of hydrogen-bond acceptors (Lipinski definition) is 6. The molecule has 0 aliphatic rings. The van der Waals surface area contributed by atoms with Crippen LogP contribution in [0.15, 0.2) is 485 Å². The van der Waals surface area contributed by atoms with Gasteiger partial charge < -0.3 is 10.0 Å². The highest BCUT2D eigenvalue weighted by Crippen LogP contribution is 2.39. The molecule has 0 spiro atoms. The van der Waals surface area contributed by atoms with Gasteiger partial charge in [-0.2, -0.15) is 0 Å². The molecule has 6 nitrogen and oxygen atoms in total. The molecule has 18 aromatic carbocycles. The summed E-state index contributed by atoms with van der Waals surface area (Å²) in [7, 11) is -1.41. The fourth-order valence-corrected chi connectivity index (χ4v) is 15.9. The van der Waals surface area contributed by atoms with Crippen LogP contribution < -0.4 is 5.46 Å². The predicted molar refractivity (Wildman–Crippen MR) is 518 cm³/mol. The summed E-state index contributed by atoms with van der Waals surface area (Å²) in [6.07, 6.45) is 0. The van der Waals surface area contributed by atoms with E-state index in [1.54, 1.807) is 12.1 Å². The van der Waals surface area contributed by atoms with Gasteiger partial charge in [-0.15, -0.1) is 0 Å². The van der Waals surface area contributed by atoms with Crippen molar-refractivity contribution in [2.24, 2.45) is 0 Å². The van der Waals surface area contributed by atoms with Crippen molar-refractivity contribution in [1.29, 1.82) is 0 Å². The Kier molecular flexibility index (Phi) is 24.2. The fraction of sp³-hybridized carbons (Fsp3) is 0. The molecule has 588 valence electrons. The van der Waals surface area contributed by atoms with Crippen molar-refractivity contribution in [3.63, 3.8) is 0 Å². The maximum Gasteiger partial charge on any atom is 0.488 e. The molecule has 124 heavy (non-hydrogen) atoms. The van der Waals surface area contributed by atoms with E-state index in [9.17, 15) is 0 Å². The molecule has 2 N–H and O–H groups in total. The van der Waals surface area contributed by atoms with Crippen LogP contribution in [0.1, 0.15) is 0 Å². The SMILES string of the molecule is Clc1nc(-c2ccc(-c3cccc(-c4ccccc4)c3)cc2)cc(-c2ccc(-c3cccc(-c4cccc(-c5ccccc5)c4)c3)cc2)n1.OB(O)c1cccc(-c2ccccc2)c1.c1ccc(-c2cccc(-c3ccc(-c4cc(-c5ccc(-c6cccc(-c7cccc(-c8ccccc8)c7)c6)cc5)nc(-c5cccc(-c6ccccc6)c5)n4)cc3)c2)cc1. The maximum absolute atomic E-state index is 9.05. The second-order valence-corrected chi connectivity index (χ2v) is 30.8. The van der Waals surface area contributed by atoms with E-state index in [0.717, 1.165) is 101 Å². The molecule has 0 saturated carbocycles. The number of halogens is 1. The zero-order valence-electron chi connectivity index (χ0n) is 67.8. The lowest BCUT2D eigenvalue weighted by atomic mass is 9.79. The molecule has 0 fully saturated rings. The molecule has 2 aromatic heterocycles. The first kappa shape index (κ1) is 79.5. The minimum atomic E-state index is -1.41. The van der Waals surface area contributed by atoms with Crippen LogP contribution in [0.25, 0.3) is 190 Å². The molecule has 0 saturated heterocycles. The Balaban J connectivity index is 0.000000146. The predicted octanol–water partition coefficient (Wildman–Crippen LogP) is 29.3. The van der Waals surface area contributed by atoms with Crippen molar-refractivity contribution in [2.75, 3.05) is 0 Å². The molecular formula is C116H82BClN4O2. The van der Waals surface area contributed by atoms with E-state index < -0.39 is 7.12 Å². The third-order valence-electron chi connectivity index (χ3n) is 22.3. The molecule has 0 bridgehead atoms. The number of aromatic nitrogens is 4. The van der Waals surface area contributed by atoms with Crippen LogP contribution in [0.4, 0.5) is 0 Å². The maximum atomic E-state index is 9.05. The number of rotatable bonds is 18. The molecule has 20 rings (SSSR count). The van der Waals surface area contributed by atoms with Gasteiger partial charge in [-0.3, -0.25) is 0 Å². The summed E-state index contributed by atoms with van der Waals surface area (Å²) >= 11 is 6.48. The third-order valence-corrected chi connectivity index (χ3v) is 22.4. The zero-order chi connectivity index (χ0) is 83.8. The van der Waals surface area contributed by atoms with Crippen LogP contribution in [0.2, 0.25) is 5.28 Å². The van der Waals surface area contributed by atoms with Gasteiger partial charge in [0.15, 0.2) is 5.82 Å². The van der Waals surface area contributed by atoms with Crippen LogP contribution >= 0.6 is 11.6 Å². The highest BCUT2D eigenvalue weighted by atomic mass is 35.5.